The topological polar surface area (TPSA) is 61.5 Å². The number of carbonyl (C=O) groups is 1. The second kappa shape index (κ2) is 7.37. The summed E-state index contributed by atoms with van der Waals surface area (Å²) in [7, 11) is 1.68. The fourth-order valence-corrected chi connectivity index (χ4v) is 4.01. The van der Waals surface area contributed by atoms with E-state index in [0.29, 0.717) is 18.8 Å². The number of aryl methyl sites for hydroxylation is 1. The van der Waals surface area contributed by atoms with E-state index in [9.17, 15) is 10.1 Å². The number of fused-ring (bicyclic) bond motifs is 4. The van der Waals surface area contributed by atoms with Crippen molar-refractivity contribution in [2.24, 2.45) is 5.92 Å². The summed E-state index contributed by atoms with van der Waals surface area (Å²) < 4.78 is 7.15. The van der Waals surface area contributed by atoms with E-state index >= 15 is 0 Å². The Morgan fingerprint density at radius 1 is 1.38 bits per heavy atom. The lowest BCUT2D eigenvalue weighted by Crippen LogP contribution is -2.49. The molecule has 0 unspecified atom stereocenters. The molecule has 4 heterocycles. The Morgan fingerprint density at radius 2 is 2.21 bits per heavy atom. The quantitative estimate of drug-likeness (QED) is 0.792. The molecule has 0 aromatic carbocycles. The number of carbonyl (C=O) groups excluding carboxylic acids is 1. The van der Waals surface area contributed by atoms with Gasteiger partial charge in [-0.15, -0.1) is 0 Å². The number of nitrogens with zero attached hydrogens (tertiary/aromatic N) is 4. The van der Waals surface area contributed by atoms with Crippen LogP contribution in [0.1, 0.15) is 31.0 Å². The van der Waals surface area contributed by atoms with Crippen molar-refractivity contribution in [3.05, 3.63) is 23.5 Å². The molecule has 4 rings (SSSR count). The fourth-order valence-electron chi connectivity index (χ4n) is 4.01. The van der Waals surface area contributed by atoms with Crippen molar-refractivity contribution in [3.63, 3.8) is 0 Å². The van der Waals surface area contributed by atoms with E-state index in [0.717, 1.165) is 44.6 Å². The summed E-state index contributed by atoms with van der Waals surface area (Å²) in [5.74, 6) is 0.388. The summed E-state index contributed by atoms with van der Waals surface area (Å²) >= 11 is 0. The molecule has 130 valence electrons. The van der Waals surface area contributed by atoms with Crippen LogP contribution in [0, 0.1) is 17.2 Å². The number of hydrogen-bond acceptors (Lipinski definition) is 4. The van der Waals surface area contributed by atoms with Crippen LogP contribution in [0.2, 0.25) is 0 Å². The van der Waals surface area contributed by atoms with E-state index < -0.39 is 0 Å². The number of piperidine rings is 1. The number of aromatic nitrogens is 1. The molecule has 3 fully saturated rings. The summed E-state index contributed by atoms with van der Waals surface area (Å²) in [6.45, 7) is 6.67. The van der Waals surface area contributed by atoms with Crippen LogP contribution in [0.5, 0.6) is 0 Å². The second-order valence-electron chi connectivity index (χ2n) is 6.78. The SMILES string of the molecule is CCn1cc(CN2C[C@@H]3CC[C@H](C2)N(CCOC)C3=O)cc1C#N. The summed E-state index contributed by atoms with van der Waals surface area (Å²) in [5, 5.41) is 9.21. The molecule has 2 atom stereocenters. The van der Waals surface area contributed by atoms with Gasteiger partial charge in [-0.2, -0.15) is 5.26 Å². The van der Waals surface area contributed by atoms with Crippen LogP contribution in [0.3, 0.4) is 0 Å². The largest absolute Gasteiger partial charge is 0.383 e. The van der Waals surface area contributed by atoms with Crippen molar-refractivity contribution in [1.29, 1.82) is 5.26 Å². The maximum atomic E-state index is 12.7. The van der Waals surface area contributed by atoms with Crippen molar-refractivity contribution in [2.75, 3.05) is 33.4 Å². The summed E-state index contributed by atoms with van der Waals surface area (Å²) in [6, 6.07) is 4.51. The van der Waals surface area contributed by atoms with Crippen LogP contribution in [0.15, 0.2) is 12.3 Å². The van der Waals surface area contributed by atoms with Crippen molar-refractivity contribution in [1.82, 2.24) is 14.4 Å². The predicted octanol–water partition coefficient (Wildman–Crippen LogP) is 1.45. The third-order valence-corrected chi connectivity index (χ3v) is 5.22. The molecule has 6 heteroatoms. The predicted molar refractivity (Wildman–Crippen MR) is 90.2 cm³/mol. The van der Waals surface area contributed by atoms with Crippen LogP contribution >= 0.6 is 0 Å². The second-order valence-corrected chi connectivity index (χ2v) is 6.78. The highest BCUT2D eigenvalue weighted by atomic mass is 16.5. The zero-order chi connectivity index (χ0) is 17.1. The Hall–Kier alpha value is -1.84. The average molecular weight is 330 g/mol. The van der Waals surface area contributed by atoms with E-state index in [-0.39, 0.29) is 17.9 Å². The standard InChI is InChI=1S/C18H26N4O2/c1-3-21-11-14(8-17(21)9-19)10-20-12-15-4-5-16(13-20)22(18(15)23)6-7-24-2/h8,11,15-16H,3-7,10,12-13H2,1-2H3/t15-,16+/m0/s1. The number of rotatable bonds is 6. The van der Waals surface area contributed by atoms with Crippen LogP contribution in [0.4, 0.5) is 0 Å². The monoisotopic (exact) mass is 330 g/mol. The van der Waals surface area contributed by atoms with Crippen molar-refractivity contribution < 1.29 is 9.53 Å². The molecule has 0 N–H and O–H groups in total. The third kappa shape index (κ3) is 3.33. The highest BCUT2D eigenvalue weighted by Crippen LogP contribution is 2.29. The van der Waals surface area contributed by atoms with E-state index in [1.165, 1.54) is 0 Å². The van der Waals surface area contributed by atoms with Gasteiger partial charge < -0.3 is 14.2 Å². The van der Waals surface area contributed by atoms with Gasteiger partial charge in [0.1, 0.15) is 11.8 Å². The minimum atomic E-state index is 0.101. The Bertz CT molecular complexity index is 633. The van der Waals surface area contributed by atoms with E-state index in [2.05, 4.69) is 17.2 Å². The molecule has 0 aliphatic carbocycles. The molecule has 1 aromatic rings. The molecular formula is C18H26N4O2. The lowest BCUT2D eigenvalue weighted by Gasteiger charge is -2.35. The lowest BCUT2D eigenvalue weighted by molar-refractivity contribution is -0.140. The van der Waals surface area contributed by atoms with Gasteiger partial charge in [0, 0.05) is 52.1 Å². The number of nitriles is 1. The first-order chi connectivity index (χ1) is 11.7. The highest BCUT2D eigenvalue weighted by Gasteiger charge is 2.40. The first-order valence-electron chi connectivity index (χ1n) is 8.77. The van der Waals surface area contributed by atoms with Gasteiger partial charge in [0.25, 0.3) is 0 Å². The molecule has 3 aliphatic rings. The van der Waals surface area contributed by atoms with Gasteiger partial charge in [0.2, 0.25) is 5.91 Å². The molecule has 2 bridgehead atoms. The Labute approximate surface area is 143 Å². The van der Waals surface area contributed by atoms with E-state index in [4.69, 9.17) is 4.74 Å². The molecule has 24 heavy (non-hydrogen) atoms. The molecular weight excluding hydrogens is 304 g/mol. The highest BCUT2D eigenvalue weighted by molar-refractivity contribution is 5.80. The van der Waals surface area contributed by atoms with Gasteiger partial charge in [-0.1, -0.05) is 0 Å². The summed E-state index contributed by atoms with van der Waals surface area (Å²) in [4.78, 5) is 17.1. The van der Waals surface area contributed by atoms with Gasteiger partial charge in [0.05, 0.1) is 12.5 Å². The van der Waals surface area contributed by atoms with Gasteiger partial charge in [-0.05, 0) is 31.4 Å². The Morgan fingerprint density at radius 3 is 2.88 bits per heavy atom. The lowest BCUT2D eigenvalue weighted by atomic mass is 9.94. The Balaban J connectivity index is 1.71. The number of methoxy groups -OCH3 is 1. The zero-order valence-electron chi connectivity index (χ0n) is 14.6. The van der Waals surface area contributed by atoms with Crippen molar-refractivity contribution in [3.8, 4) is 6.07 Å². The molecule has 3 saturated heterocycles. The molecule has 1 amide bonds. The van der Waals surface area contributed by atoms with Crippen LogP contribution < -0.4 is 0 Å². The number of hydrogen-bond donors (Lipinski definition) is 0. The van der Waals surface area contributed by atoms with Gasteiger partial charge in [0.15, 0.2) is 0 Å². The zero-order valence-corrected chi connectivity index (χ0v) is 14.6. The molecule has 3 aliphatic heterocycles. The fraction of sp³-hybridized carbons (Fsp3) is 0.667. The van der Waals surface area contributed by atoms with Crippen molar-refractivity contribution in [2.45, 2.75) is 38.9 Å². The molecule has 0 spiro atoms. The van der Waals surface area contributed by atoms with Gasteiger partial charge >= 0.3 is 0 Å². The maximum absolute atomic E-state index is 12.7. The summed E-state index contributed by atoms with van der Waals surface area (Å²) in [5.41, 5.74) is 1.87. The van der Waals surface area contributed by atoms with Crippen LogP contribution in [-0.4, -0.2) is 59.7 Å². The first kappa shape index (κ1) is 17.0. The number of amides is 1. The molecule has 0 saturated carbocycles. The summed E-state index contributed by atoms with van der Waals surface area (Å²) in [6.07, 6.45) is 4.13. The average Bonchev–Trinajstić information content (AvgIpc) is 2.80. The van der Waals surface area contributed by atoms with Crippen molar-refractivity contribution >= 4 is 5.91 Å². The van der Waals surface area contributed by atoms with Crippen LogP contribution in [0.25, 0.3) is 0 Å². The maximum Gasteiger partial charge on any atom is 0.227 e. The number of ether oxygens (including phenoxy) is 1. The Kier molecular flexibility index (Phi) is 5.22. The third-order valence-electron chi connectivity index (χ3n) is 5.22. The minimum absolute atomic E-state index is 0.101. The smallest absolute Gasteiger partial charge is 0.227 e. The molecule has 1 aromatic heterocycles. The van der Waals surface area contributed by atoms with E-state index in [1.807, 2.05) is 22.5 Å². The van der Waals surface area contributed by atoms with Crippen LogP contribution in [-0.2, 0) is 22.6 Å². The first-order valence-corrected chi connectivity index (χ1v) is 8.77. The molecule has 0 radical (unpaired) electrons. The van der Waals surface area contributed by atoms with E-state index in [1.54, 1.807) is 7.11 Å². The molecule has 6 nitrogen and oxygen atoms in total. The normalized spacial score (nSPS) is 24.2. The minimum Gasteiger partial charge on any atom is -0.383 e. The van der Waals surface area contributed by atoms with Gasteiger partial charge in [-0.3, -0.25) is 9.69 Å². The van der Waals surface area contributed by atoms with Gasteiger partial charge in [-0.25, -0.2) is 0 Å².